The van der Waals surface area contributed by atoms with Crippen molar-refractivity contribution >= 4 is 10.0 Å². The Kier molecular flexibility index (Phi) is 4.53. The lowest BCUT2D eigenvalue weighted by Gasteiger charge is -2.30. The first kappa shape index (κ1) is 15.8. The van der Waals surface area contributed by atoms with Crippen LogP contribution in [-0.4, -0.2) is 41.9 Å². The molecule has 1 fully saturated rings. The number of rotatable bonds is 4. The van der Waals surface area contributed by atoms with E-state index in [0.29, 0.717) is 31.9 Å². The van der Waals surface area contributed by atoms with Crippen molar-refractivity contribution in [1.29, 1.82) is 0 Å². The van der Waals surface area contributed by atoms with E-state index in [1.165, 1.54) is 22.5 Å². The van der Waals surface area contributed by atoms with E-state index in [0.717, 1.165) is 6.07 Å². The summed E-state index contributed by atoms with van der Waals surface area (Å²) < 4.78 is 45.2. The van der Waals surface area contributed by atoms with Crippen LogP contribution in [0.4, 0.5) is 4.39 Å². The minimum absolute atomic E-state index is 0.0248. The predicted octanol–water partition coefficient (Wildman–Crippen LogP) is 1.85. The number of benzene rings is 1. The number of hydrogen-bond acceptors (Lipinski definition) is 5. The molecule has 6 nitrogen and oxygen atoms in total. The fourth-order valence-corrected chi connectivity index (χ4v) is 3.96. The highest BCUT2D eigenvalue weighted by atomic mass is 32.2. The standard InChI is InChI=1S/C15H16FN3O3S/c16-12-3-1-4-14(11-12)23(20,21)19-9-5-13(6-10-19)22-15-17-7-2-8-18-15/h1-4,7-8,11,13H,5-6,9-10H2. The number of halogens is 1. The zero-order chi connectivity index (χ0) is 16.3. The number of piperidine rings is 1. The molecule has 122 valence electrons. The smallest absolute Gasteiger partial charge is 0.316 e. The highest BCUT2D eigenvalue weighted by Gasteiger charge is 2.30. The Hall–Kier alpha value is -2.06. The minimum atomic E-state index is -3.67. The van der Waals surface area contributed by atoms with Gasteiger partial charge in [0.25, 0.3) is 0 Å². The van der Waals surface area contributed by atoms with Gasteiger partial charge in [-0.3, -0.25) is 0 Å². The van der Waals surface area contributed by atoms with Crippen LogP contribution < -0.4 is 4.74 Å². The molecule has 0 saturated carbocycles. The molecular weight excluding hydrogens is 321 g/mol. The van der Waals surface area contributed by atoms with Crippen molar-refractivity contribution in [2.24, 2.45) is 0 Å². The van der Waals surface area contributed by atoms with Crippen LogP contribution in [0.3, 0.4) is 0 Å². The van der Waals surface area contributed by atoms with Crippen LogP contribution in [0.15, 0.2) is 47.6 Å². The maximum Gasteiger partial charge on any atom is 0.316 e. The molecule has 1 aliphatic rings. The van der Waals surface area contributed by atoms with Gasteiger partial charge in [-0.2, -0.15) is 4.31 Å². The van der Waals surface area contributed by atoms with Crippen molar-refractivity contribution in [1.82, 2.24) is 14.3 Å². The van der Waals surface area contributed by atoms with Crippen LogP contribution in [0.5, 0.6) is 6.01 Å². The predicted molar refractivity (Wildman–Crippen MR) is 80.8 cm³/mol. The molecule has 0 radical (unpaired) electrons. The van der Waals surface area contributed by atoms with Crippen molar-refractivity contribution in [2.75, 3.05) is 13.1 Å². The van der Waals surface area contributed by atoms with Crippen LogP contribution in [0.25, 0.3) is 0 Å². The monoisotopic (exact) mass is 337 g/mol. The Morgan fingerprint density at radius 3 is 2.48 bits per heavy atom. The molecule has 1 aromatic heterocycles. The van der Waals surface area contributed by atoms with Crippen molar-refractivity contribution < 1.29 is 17.5 Å². The molecular formula is C15H16FN3O3S. The molecule has 1 aliphatic heterocycles. The third kappa shape index (κ3) is 3.65. The SMILES string of the molecule is O=S(=O)(c1cccc(F)c1)N1CCC(Oc2ncccn2)CC1. The normalized spacial score (nSPS) is 17.1. The Bertz CT molecular complexity index is 763. The lowest BCUT2D eigenvalue weighted by Crippen LogP contribution is -2.41. The molecule has 2 heterocycles. The topological polar surface area (TPSA) is 72.4 Å². The summed E-state index contributed by atoms with van der Waals surface area (Å²) in [5, 5.41) is 0. The average Bonchev–Trinajstić information content (AvgIpc) is 2.56. The molecule has 0 spiro atoms. The van der Waals surface area contributed by atoms with E-state index in [-0.39, 0.29) is 11.0 Å². The third-order valence-corrected chi connectivity index (χ3v) is 5.54. The van der Waals surface area contributed by atoms with E-state index >= 15 is 0 Å². The van der Waals surface area contributed by atoms with Crippen molar-refractivity contribution in [3.63, 3.8) is 0 Å². The second-order valence-electron chi connectivity index (χ2n) is 5.21. The maximum absolute atomic E-state index is 13.3. The van der Waals surface area contributed by atoms with Crippen LogP contribution in [0, 0.1) is 5.82 Å². The first-order chi connectivity index (χ1) is 11.1. The summed E-state index contributed by atoms with van der Waals surface area (Å²) in [7, 11) is -3.67. The minimum Gasteiger partial charge on any atom is -0.460 e. The van der Waals surface area contributed by atoms with Crippen LogP contribution in [0.2, 0.25) is 0 Å². The summed E-state index contributed by atoms with van der Waals surface area (Å²) in [6.07, 6.45) is 4.12. The molecule has 1 aromatic carbocycles. The Balaban J connectivity index is 1.64. The molecule has 3 rings (SSSR count). The van der Waals surface area contributed by atoms with E-state index in [1.54, 1.807) is 18.5 Å². The second kappa shape index (κ2) is 6.59. The van der Waals surface area contributed by atoms with Gasteiger partial charge in [0, 0.05) is 25.5 Å². The molecule has 0 amide bonds. The van der Waals surface area contributed by atoms with Crippen molar-refractivity contribution in [3.05, 3.63) is 48.5 Å². The molecule has 0 N–H and O–H groups in total. The summed E-state index contributed by atoms with van der Waals surface area (Å²) in [5.41, 5.74) is 0. The van der Waals surface area contributed by atoms with E-state index in [2.05, 4.69) is 9.97 Å². The van der Waals surface area contributed by atoms with Crippen LogP contribution >= 0.6 is 0 Å². The number of hydrogen-bond donors (Lipinski definition) is 0. The molecule has 1 saturated heterocycles. The van der Waals surface area contributed by atoms with Gasteiger partial charge in [-0.25, -0.2) is 22.8 Å². The van der Waals surface area contributed by atoms with Gasteiger partial charge in [-0.05, 0) is 37.1 Å². The van der Waals surface area contributed by atoms with Gasteiger partial charge in [0.15, 0.2) is 0 Å². The summed E-state index contributed by atoms with van der Waals surface area (Å²) >= 11 is 0. The number of aromatic nitrogens is 2. The van der Waals surface area contributed by atoms with E-state index < -0.39 is 15.8 Å². The van der Waals surface area contributed by atoms with Gasteiger partial charge < -0.3 is 4.74 Å². The summed E-state index contributed by atoms with van der Waals surface area (Å²) in [6.45, 7) is 0.632. The molecule has 0 bridgehead atoms. The fraction of sp³-hybridized carbons (Fsp3) is 0.333. The quantitative estimate of drug-likeness (QED) is 0.851. The summed E-state index contributed by atoms with van der Waals surface area (Å²) in [6, 6.07) is 7.04. The first-order valence-corrected chi connectivity index (χ1v) is 8.69. The highest BCUT2D eigenvalue weighted by Crippen LogP contribution is 2.22. The number of ether oxygens (including phenoxy) is 1. The molecule has 0 aliphatic carbocycles. The van der Waals surface area contributed by atoms with Crippen molar-refractivity contribution in [2.45, 2.75) is 23.8 Å². The van der Waals surface area contributed by atoms with Gasteiger partial charge in [0.2, 0.25) is 10.0 Å². The Morgan fingerprint density at radius 2 is 1.83 bits per heavy atom. The maximum atomic E-state index is 13.3. The lowest BCUT2D eigenvalue weighted by molar-refractivity contribution is 0.124. The zero-order valence-electron chi connectivity index (χ0n) is 12.3. The number of nitrogens with zero attached hydrogens (tertiary/aromatic N) is 3. The van der Waals surface area contributed by atoms with Gasteiger partial charge in [-0.1, -0.05) is 6.07 Å². The molecule has 2 aromatic rings. The van der Waals surface area contributed by atoms with Crippen LogP contribution in [0.1, 0.15) is 12.8 Å². The average molecular weight is 337 g/mol. The van der Waals surface area contributed by atoms with Crippen molar-refractivity contribution in [3.8, 4) is 6.01 Å². The Morgan fingerprint density at radius 1 is 1.13 bits per heavy atom. The first-order valence-electron chi connectivity index (χ1n) is 7.25. The van der Waals surface area contributed by atoms with Gasteiger partial charge in [-0.15, -0.1) is 0 Å². The summed E-state index contributed by atoms with van der Waals surface area (Å²) in [4.78, 5) is 7.96. The third-order valence-electron chi connectivity index (χ3n) is 3.65. The zero-order valence-corrected chi connectivity index (χ0v) is 13.1. The lowest BCUT2D eigenvalue weighted by atomic mass is 10.1. The van der Waals surface area contributed by atoms with Gasteiger partial charge in [0.05, 0.1) is 4.90 Å². The highest BCUT2D eigenvalue weighted by molar-refractivity contribution is 7.89. The molecule has 0 atom stereocenters. The van der Waals surface area contributed by atoms with Crippen LogP contribution in [-0.2, 0) is 10.0 Å². The Labute approximate surface area is 134 Å². The molecule has 23 heavy (non-hydrogen) atoms. The van der Waals surface area contributed by atoms with Gasteiger partial charge >= 0.3 is 6.01 Å². The molecule has 0 unspecified atom stereocenters. The van der Waals surface area contributed by atoms with Gasteiger partial charge in [0.1, 0.15) is 11.9 Å². The number of sulfonamides is 1. The largest absolute Gasteiger partial charge is 0.460 e. The summed E-state index contributed by atoms with van der Waals surface area (Å²) in [5.74, 6) is -0.564. The van der Waals surface area contributed by atoms with E-state index in [9.17, 15) is 12.8 Å². The van der Waals surface area contributed by atoms with E-state index in [1.807, 2.05) is 0 Å². The molecule has 8 heteroatoms. The van der Waals surface area contributed by atoms with E-state index in [4.69, 9.17) is 4.74 Å². The fourth-order valence-electron chi connectivity index (χ4n) is 2.46. The second-order valence-corrected chi connectivity index (χ2v) is 7.15.